The van der Waals surface area contributed by atoms with E-state index in [4.69, 9.17) is 0 Å². The number of aromatic nitrogens is 4. The molecule has 0 bridgehead atoms. The van der Waals surface area contributed by atoms with Crippen molar-refractivity contribution in [1.82, 2.24) is 25.1 Å². The van der Waals surface area contributed by atoms with Gasteiger partial charge in [-0.15, -0.1) is 10.2 Å². The highest BCUT2D eigenvalue weighted by molar-refractivity contribution is 7.99. The summed E-state index contributed by atoms with van der Waals surface area (Å²) in [6.45, 7) is 1.98. The number of carbonyl (C=O) groups is 1. The van der Waals surface area contributed by atoms with Crippen LogP contribution in [0.5, 0.6) is 0 Å². The molecule has 1 amide bonds. The van der Waals surface area contributed by atoms with Crippen LogP contribution < -0.4 is 5.32 Å². The van der Waals surface area contributed by atoms with Crippen molar-refractivity contribution >= 4 is 17.7 Å². The van der Waals surface area contributed by atoms with Gasteiger partial charge in [0.25, 0.3) is 0 Å². The predicted molar refractivity (Wildman–Crippen MR) is 118 cm³/mol. The number of thioether (sulfide) groups is 1. The van der Waals surface area contributed by atoms with Crippen LogP contribution >= 0.6 is 11.8 Å². The van der Waals surface area contributed by atoms with E-state index in [0.29, 0.717) is 11.0 Å². The third-order valence-corrected chi connectivity index (χ3v) is 5.51. The first-order chi connectivity index (χ1) is 14.7. The lowest BCUT2D eigenvalue weighted by Crippen LogP contribution is -2.28. The van der Waals surface area contributed by atoms with Crippen LogP contribution in [0.2, 0.25) is 0 Å². The standard InChI is InChI=1S/C23H21N5OS/c1-17(18-9-4-2-5-10-18)25-21(29)16-30-23-27-26-22(19-11-8-14-24-15-19)28(23)20-12-6-3-7-13-20/h2-15,17H,16H2,1H3,(H,25,29). The number of para-hydroxylation sites is 1. The Morgan fingerprint density at radius 1 is 1.00 bits per heavy atom. The van der Waals surface area contributed by atoms with E-state index in [0.717, 1.165) is 16.8 Å². The van der Waals surface area contributed by atoms with E-state index in [2.05, 4.69) is 20.5 Å². The lowest BCUT2D eigenvalue weighted by molar-refractivity contribution is -0.119. The summed E-state index contributed by atoms with van der Waals surface area (Å²) in [7, 11) is 0. The fourth-order valence-electron chi connectivity index (χ4n) is 3.09. The van der Waals surface area contributed by atoms with E-state index in [1.54, 1.807) is 12.4 Å². The van der Waals surface area contributed by atoms with Crippen LogP contribution in [0.15, 0.2) is 90.3 Å². The van der Waals surface area contributed by atoms with E-state index in [-0.39, 0.29) is 17.7 Å². The molecule has 0 fully saturated rings. The number of pyridine rings is 1. The second-order valence-electron chi connectivity index (χ2n) is 6.71. The average Bonchev–Trinajstić information content (AvgIpc) is 3.23. The van der Waals surface area contributed by atoms with Gasteiger partial charge < -0.3 is 5.32 Å². The van der Waals surface area contributed by atoms with Crippen molar-refractivity contribution in [1.29, 1.82) is 0 Å². The van der Waals surface area contributed by atoms with Crippen LogP contribution in [-0.4, -0.2) is 31.4 Å². The van der Waals surface area contributed by atoms with Crippen molar-refractivity contribution in [2.75, 3.05) is 5.75 Å². The third-order valence-electron chi connectivity index (χ3n) is 4.58. The fraction of sp³-hybridized carbons (Fsp3) is 0.130. The van der Waals surface area contributed by atoms with Gasteiger partial charge in [-0.2, -0.15) is 0 Å². The van der Waals surface area contributed by atoms with E-state index in [1.807, 2.05) is 84.3 Å². The van der Waals surface area contributed by atoms with Crippen molar-refractivity contribution in [2.24, 2.45) is 0 Å². The van der Waals surface area contributed by atoms with Gasteiger partial charge in [0.15, 0.2) is 11.0 Å². The number of hydrogen-bond acceptors (Lipinski definition) is 5. The number of nitrogens with one attached hydrogen (secondary N) is 1. The van der Waals surface area contributed by atoms with E-state index in [1.165, 1.54) is 11.8 Å². The van der Waals surface area contributed by atoms with Gasteiger partial charge in [-0.3, -0.25) is 14.3 Å². The zero-order valence-electron chi connectivity index (χ0n) is 16.5. The van der Waals surface area contributed by atoms with Crippen LogP contribution in [0.3, 0.4) is 0 Å². The minimum Gasteiger partial charge on any atom is -0.349 e. The van der Waals surface area contributed by atoms with Gasteiger partial charge in [0, 0.05) is 23.6 Å². The molecule has 1 atom stereocenters. The van der Waals surface area contributed by atoms with Crippen molar-refractivity contribution in [2.45, 2.75) is 18.1 Å². The van der Waals surface area contributed by atoms with E-state index in [9.17, 15) is 4.79 Å². The highest BCUT2D eigenvalue weighted by Crippen LogP contribution is 2.27. The number of hydrogen-bond donors (Lipinski definition) is 1. The molecule has 2 aromatic heterocycles. The van der Waals surface area contributed by atoms with Gasteiger partial charge in [0.1, 0.15) is 0 Å². The molecule has 0 aliphatic rings. The molecular formula is C23H21N5OS. The molecule has 4 rings (SSSR count). The van der Waals surface area contributed by atoms with Gasteiger partial charge in [0.2, 0.25) is 5.91 Å². The molecule has 0 saturated carbocycles. The minimum absolute atomic E-state index is 0.0538. The Labute approximate surface area is 179 Å². The molecule has 0 aliphatic carbocycles. The third kappa shape index (κ3) is 4.58. The fourth-order valence-corrected chi connectivity index (χ4v) is 3.86. The molecule has 1 unspecified atom stereocenters. The monoisotopic (exact) mass is 415 g/mol. The van der Waals surface area contributed by atoms with Crippen LogP contribution in [0.4, 0.5) is 0 Å². The maximum Gasteiger partial charge on any atom is 0.230 e. The summed E-state index contributed by atoms with van der Waals surface area (Å²) < 4.78 is 1.95. The molecule has 0 aliphatic heterocycles. The van der Waals surface area contributed by atoms with Crippen LogP contribution in [-0.2, 0) is 4.79 Å². The number of carbonyl (C=O) groups excluding carboxylic acids is 1. The van der Waals surface area contributed by atoms with Crippen molar-refractivity contribution in [3.05, 3.63) is 90.8 Å². The largest absolute Gasteiger partial charge is 0.349 e. The zero-order chi connectivity index (χ0) is 20.8. The first-order valence-corrected chi connectivity index (χ1v) is 10.6. The Hall–Kier alpha value is -3.45. The number of rotatable bonds is 7. The van der Waals surface area contributed by atoms with Gasteiger partial charge in [-0.05, 0) is 36.8 Å². The Kier molecular flexibility index (Phi) is 6.20. The number of amides is 1. The molecule has 30 heavy (non-hydrogen) atoms. The lowest BCUT2D eigenvalue weighted by Gasteiger charge is -2.14. The lowest BCUT2D eigenvalue weighted by atomic mass is 10.1. The van der Waals surface area contributed by atoms with E-state index >= 15 is 0 Å². The van der Waals surface area contributed by atoms with Gasteiger partial charge in [0.05, 0.1) is 11.8 Å². The molecule has 1 N–H and O–H groups in total. The Bertz CT molecular complexity index is 1100. The summed E-state index contributed by atoms with van der Waals surface area (Å²) in [4.78, 5) is 16.7. The number of benzene rings is 2. The summed E-state index contributed by atoms with van der Waals surface area (Å²) in [6, 6.07) is 23.5. The zero-order valence-corrected chi connectivity index (χ0v) is 17.3. The van der Waals surface area contributed by atoms with Gasteiger partial charge in [-0.1, -0.05) is 60.3 Å². The summed E-state index contributed by atoms with van der Waals surface area (Å²) >= 11 is 1.36. The summed E-state index contributed by atoms with van der Waals surface area (Å²) in [5.41, 5.74) is 2.87. The SMILES string of the molecule is CC(NC(=O)CSc1nnc(-c2cccnc2)n1-c1ccccc1)c1ccccc1. The predicted octanol–water partition coefficient (Wildman–Crippen LogP) is 4.30. The average molecular weight is 416 g/mol. The van der Waals surface area contributed by atoms with Crippen LogP contribution in [0, 0.1) is 0 Å². The summed E-state index contributed by atoms with van der Waals surface area (Å²) in [6.07, 6.45) is 3.48. The van der Waals surface area contributed by atoms with Crippen LogP contribution in [0.25, 0.3) is 17.1 Å². The summed E-state index contributed by atoms with van der Waals surface area (Å²) in [5, 5.41) is 12.4. The molecule has 0 saturated heterocycles. The number of nitrogens with zero attached hydrogens (tertiary/aromatic N) is 4. The molecule has 150 valence electrons. The Balaban J connectivity index is 1.53. The van der Waals surface area contributed by atoms with Crippen molar-refractivity contribution < 1.29 is 4.79 Å². The molecule has 6 nitrogen and oxygen atoms in total. The Morgan fingerprint density at radius 2 is 1.73 bits per heavy atom. The van der Waals surface area contributed by atoms with Gasteiger partial charge in [-0.25, -0.2) is 0 Å². The normalized spacial score (nSPS) is 11.8. The molecule has 7 heteroatoms. The first kappa shape index (κ1) is 19.8. The molecule has 2 aromatic carbocycles. The smallest absolute Gasteiger partial charge is 0.230 e. The second-order valence-corrected chi connectivity index (χ2v) is 7.65. The summed E-state index contributed by atoms with van der Waals surface area (Å²) in [5.74, 6) is 0.881. The van der Waals surface area contributed by atoms with Gasteiger partial charge >= 0.3 is 0 Å². The topological polar surface area (TPSA) is 72.7 Å². The Morgan fingerprint density at radius 3 is 2.43 bits per heavy atom. The highest BCUT2D eigenvalue weighted by atomic mass is 32.2. The van der Waals surface area contributed by atoms with Crippen molar-refractivity contribution in [3.8, 4) is 17.1 Å². The molecule has 4 aromatic rings. The maximum atomic E-state index is 12.5. The van der Waals surface area contributed by atoms with Crippen LogP contribution in [0.1, 0.15) is 18.5 Å². The molecular weight excluding hydrogens is 394 g/mol. The first-order valence-electron chi connectivity index (χ1n) is 9.60. The highest BCUT2D eigenvalue weighted by Gasteiger charge is 2.18. The molecule has 2 heterocycles. The van der Waals surface area contributed by atoms with Crippen molar-refractivity contribution in [3.63, 3.8) is 0 Å². The van der Waals surface area contributed by atoms with E-state index < -0.39 is 0 Å². The molecule has 0 spiro atoms. The second kappa shape index (κ2) is 9.37. The maximum absolute atomic E-state index is 12.5. The quantitative estimate of drug-likeness (QED) is 0.456. The minimum atomic E-state index is -0.0581. The molecule has 0 radical (unpaired) electrons.